The molecule has 0 aromatic heterocycles. The minimum atomic E-state index is -0.136. The Balaban J connectivity index is 1.49. The van der Waals surface area contributed by atoms with Gasteiger partial charge in [0, 0.05) is 5.56 Å². The van der Waals surface area contributed by atoms with Gasteiger partial charge in [0.1, 0.15) is 0 Å². The molecule has 21 heavy (non-hydrogen) atoms. The van der Waals surface area contributed by atoms with Crippen molar-refractivity contribution in [3.8, 4) is 0 Å². The molecule has 1 aromatic carbocycles. The van der Waals surface area contributed by atoms with Gasteiger partial charge in [-0.15, -0.1) is 0 Å². The third kappa shape index (κ3) is 4.08. The molecule has 116 valence electrons. The van der Waals surface area contributed by atoms with Crippen molar-refractivity contribution in [1.29, 1.82) is 0 Å². The van der Waals surface area contributed by atoms with E-state index in [1.165, 1.54) is 50.5 Å². The van der Waals surface area contributed by atoms with E-state index in [0.717, 1.165) is 17.4 Å². The molecule has 1 aliphatic carbocycles. The van der Waals surface area contributed by atoms with Gasteiger partial charge in [-0.3, -0.25) is 0 Å². The highest BCUT2D eigenvalue weighted by molar-refractivity contribution is 5.24. The standard InChI is InChI=1S/C19H28O2/c1-2-3-15-4-6-16(7-5-15)14-17-8-10-18(11-9-17)19-20-12-13-21-19/h8-11,15-16,19H,2-7,12-14H2,1H3. The fourth-order valence-corrected chi connectivity index (χ4v) is 3.83. The Morgan fingerprint density at radius 3 is 2.14 bits per heavy atom. The molecule has 1 aliphatic heterocycles. The molecule has 0 atom stereocenters. The lowest BCUT2D eigenvalue weighted by Crippen LogP contribution is -2.16. The van der Waals surface area contributed by atoms with E-state index < -0.39 is 0 Å². The molecular formula is C19H28O2. The van der Waals surface area contributed by atoms with Crippen molar-refractivity contribution in [3.63, 3.8) is 0 Å². The zero-order valence-electron chi connectivity index (χ0n) is 13.2. The highest BCUT2D eigenvalue weighted by atomic mass is 16.7. The van der Waals surface area contributed by atoms with Crippen molar-refractivity contribution >= 4 is 0 Å². The van der Waals surface area contributed by atoms with Crippen LogP contribution in [0.2, 0.25) is 0 Å². The van der Waals surface area contributed by atoms with E-state index in [1.54, 1.807) is 0 Å². The molecule has 1 saturated heterocycles. The Morgan fingerprint density at radius 2 is 1.52 bits per heavy atom. The van der Waals surface area contributed by atoms with Crippen LogP contribution in [-0.2, 0) is 15.9 Å². The summed E-state index contributed by atoms with van der Waals surface area (Å²) in [5.41, 5.74) is 2.62. The second-order valence-corrected chi connectivity index (χ2v) is 6.69. The summed E-state index contributed by atoms with van der Waals surface area (Å²) in [5.74, 6) is 1.90. The number of hydrogen-bond acceptors (Lipinski definition) is 2. The van der Waals surface area contributed by atoms with Crippen molar-refractivity contribution in [3.05, 3.63) is 35.4 Å². The lowest BCUT2D eigenvalue weighted by atomic mass is 9.78. The minimum absolute atomic E-state index is 0.136. The van der Waals surface area contributed by atoms with Crippen LogP contribution in [0.25, 0.3) is 0 Å². The molecule has 3 rings (SSSR count). The second-order valence-electron chi connectivity index (χ2n) is 6.69. The molecule has 2 heteroatoms. The van der Waals surface area contributed by atoms with Crippen LogP contribution in [-0.4, -0.2) is 13.2 Å². The molecule has 1 aromatic rings. The van der Waals surface area contributed by atoms with Gasteiger partial charge in [-0.2, -0.15) is 0 Å². The number of hydrogen-bond donors (Lipinski definition) is 0. The molecule has 0 amide bonds. The molecular weight excluding hydrogens is 260 g/mol. The van der Waals surface area contributed by atoms with Crippen LogP contribution in [0.3, 0.4) is 0 Å². The molecule has 0 unspecified atom stereocenters. The van der Waals surface area contributed by atoms with Crippen molar-refractivity contribution in [2.75, 3.05) is 13.2 Å². The maximum atomic E-state index is 5.54. The monoisotopic (exact) mass is 288 g/mol. The van der Waals surface area contributed by atoms with E-state index in [1.807, 2.05) is 0 Å². The first-order valence-electron chi connectivity index (χ1n) is 8.67. The molecule has 0 N–H and O–H groups in total. The second kappa shape index (κ2) is 7.42. The average molecular weight is 288 g/mol. The van der Waals surface area contributed by atoms with Gasteiger partial charge < -0.3 is 9.47 Å². The molecule has 2 aliphatic rings. The fraction of sp³-hybridized carbons (Fsp3) is 0.684. The van der Waals surface area contributed by atoms with Crippen LogP contribution in [0.5, 0.6) is 0 Å². The first kappa shape index (κ1) is 15.1. The average Bonchev–Trinajstić information content (AvgIpc) is 3.05. The molecule has 0 radical (unpaired) electrons. The molecule has 0 bridgehead atoms. The summed E-state index contributed by atoms with van der Waals surface area (Å²) in [6.07, 6.45) is 9.61. The van der Waals surface area contributed by atoms with Gasteiger partial charge in [0.2, 0.25) is 0 Å². The van der Waals surface area contributed by atoms with Gasteiger partial charge in [-0.05, 0) is 36.7 Å². The fourth-order valence-electron chi connectivity index (χ4n) is 3.83. The third-order valence-electron chi connectivity index (χ3n) is 5.06. The van der Waals surface area contributed by atoms with E-state index in [2.05, 4.69) is 31.2 Å². The topological polar surface area (TPSA) is 18.5 Å². The number of rotatable bonds is 5. The Kier molecular flexibility index (Phi) is 5.32. The molecule has 2 nitrogen and oxygen atoms in total. The highest BCUT2D eigenvalue weighted by Crippen LogP contribution is 2.33. The zero-order valence-corrected chi connectivity index (χ0v) is 13.2. The minimum Gasteiger partial charge on any atom is -0.346 e. The van der Waals surface area contributed by atoms with E-state index in [0.29, 0.717) is 13.2 Å². The predicted octanol–water partition coefficient (Wildman–Crippen LogP) is 4.88. The quantitative estimate of drug-likeness (QED) is 0.768. The molecule has 1 heterocycles. The van der Waals surface area contributed by atoms with Crippen molar-refractivity contribution < 1.29 is 9.47 Å². The van der Waals surface area contributed by atoms with Crippen LogP contribution in [0, 0.1) is 11.8 Å². The normalized spacial score (nSPS) is 27.1. The Labute approximate surface area is 128 Å². The number of ether oxygens (including phenoxy) is 2. The van der Waals surface area contributed by atoms with Crippen LogP contribution in [0.1, 0.15) is 62.9 Å². The summed E-state index contributed by atoms with van der Waals surface area (Å²) >= 11 is 0. The van der Waals surface area contributed by atoms with Crippen LogP contribution < -0.4 is 0 Å². The number of benzene rings is 1. The van der Waals surface area contributed by atoms with Gasteiger partial charge in [0.15, 0.2) is 6.29 Å². The first-order valence-corrected chi connectivity index (χ1v) is 8.67. The van der Waals surface area contributed by atoms with E-state index in [4.69, 9.17) is 9.47 Å². The summed E-state index contributed by atoms with van der Waals surface area (Å²) in [4.78, 5) is 0. The van der Waals surface area contributed by atoms with Gasteiger partial charge in [0.05, 0.1) is 13.2 Å². The summed E-state index contributed by atoms with van der Waals surface area (Å²) in [7, 11) is 0. The SMILES string of the molecule is CCCC1CCC(Cc2ccc(C3OCCO3)cc2)CC1. The molecule has 2 fully saturated rings. The Hall–Kier alpha value is -0.860. The first-order chi connectivity index (χ1) is 10.3. The van der Waals surface area contributed by atoms with E-state index in [-0.39, 0.29) is 6.29 Å². The highest BCUT2D eigenvalue weighted by Gasteiger charge is 2.21. The summed E-state index contributed by atoms with van der Waals surface area (Å²) < 4.78 is 11.1. The van der Waals surface area contributed by atoms with Gasteiger partial charge in [0.25, 0.3) is 0 Å². The maximum absolute atomic E-state index is 5.54. The van der Waals surface area contributed by atoms with Crippen LogP contribution in [0.15, 0.2) is 24.3 Å². The van der Waals surface area contributed by atoms with E-state index >= 15 is 0 Å². The Morgan fingerprint density at radius 1 is 0.905 bits per heavy atom. The lowest BCUT2D eigenvalue weighted by molar-refractivity contribution is -0.0441. The van der Waals surface area contributed by atoms with Crippen LogP contribution in [0.4, 0.5) is 0 Å². The summed E-state index contributed by atoms with van der Waals surface area (Å²) in [6, 6.07) is 8.87. The largest absolute Gasteiger partial charge is 0.346 e. The summed E-state index contributed by atoms with van der Waals surface area (Å²) in [5, 5.41) is 0. The molecule has 1 saturated carbocycles. The summed E-state index contributed by atoms with van der Waals surface area (Å²) in [6.45, 7) is 3.74. The van der Waals surface area contributed by atoms with Crippen molar-refractivity contribution in [1.82, 2.24) is 0 Å². The smallest absolute Gasteiger partial charge is 0.184 e. The molecule has 0 spiro atoms. The van der Waals surface area contributed by atoms with Crippen molar-refractivity contribution in [2.45, 2.75) is 58.2 Å². The zero-order chi connectivity index (χ0) is 14.5. The maximum Gasteiger partial charge on any atom is 0.184 e. The van der Waals surface area contributed by atoms with Gasteiger partial charge >= 0.3 is 0 Å². The van der Waals surface area contributed by atoms with Gasteiger partial charge in [-0.1, -0.05) is 56.9 Å². The third-order valence-corrected chi connectivity index (χ3v) is 5.06. The van der Waals surface area contributed by atoms with Gasteiger partial charge in [-0.25, -0.2) is 0 Å². The Bertz CT molecular complexity index is 412. The van der Waals surface area contributed by atoms with E-state index in [9.17, 15) is 0 Å². The predicted molar refractivity (Wildman–Crippen MR) is 85.1 cm³/mol. The van der Waals surface area contributed by atoms with Crippen LogP contribution >= 0.6 is 0 Å². The lowest BCUT2D eigenvalue weighted by Gasteiger charge is -2.28. The van der Waals surface area contributed by atoms with Crippen molar-refractivity contribution in [2.24, 2.45) is 11.8 Å².